The van der Waals surface area contributed by atoms with Crippen LogP contribution < -0.4 is 21.7 Å². The Balaban J connectivity index is 1.80. The molecule has 3 aromatic rings. The van der Waals surface area contributed by atoms with Crippen LogP contribution in [0.1, 0.15) is 24.5 Å². The maximum absolute atomic E-state index is 13.3. The maximum Gasteiger partial charge on any atom is 0.326 e. The van der Waals surface area contributed by atoms with E-state index >= 15 is 0 Å². The highest BCUT2D eigenvalue weighted by Gasteiger charge is 2.32. The number of carbonyl (C=O) groups excluding carboxylic acids is 3. The van der Waals surface area contributed by atoms with Gasteiger partial charge >= 0.3 is 11.9 Å². The Hall–Kier alpha value is -4.95. The van der Waals surface area contributed by atoms with Gasteiger partial charge in [-0.2, -0.15) is 0 Å². The van der Waals surface area contributed by atoms with Crippen molar-refractivity contribution in [1.82, 2.24) is 20.9 Å². The molecule has 14 nitrogen and oxygen atoms in total. The van der Waals surface area contributed by atoms with E-state index in [2.05, 4.69) is 20.9 Å². The smallest absolute Gasteiger partial charge is 0.326 e. The third kappa shape index (κ3) is 8.52. The molecule has 5 atom stereocenters. The van der Waals surface area contributed by atoms with Crippen molar-refractivity contribution in [2.75, 3.05) is 0 Å². The number of aliphatic hydroxyl groups excluding tert-OH is 1. The van der Waals surface area contributed by atoms with Crippen molar-refractivity contribution in [3.63, 3.8) is 0 Å². The van der Waals surface area contributed by atoms with E-state index in [0.29, 0.717) is 11.1 Å². The number of amides is 3. The number of para-hydroxylation sites is 1. The monoisotopic (exact) mass is 583 g/mol. The van der Waals surface area contributed by atoms with Crippen molar-refractivity contribution in [3.05, 3.63) is 65.9 Å². The molecule has 1 heterocycles. The van der Waals surface area contributed by atoms with Crippen LogP contribution in [0.15, 0.2) is 54.7 Å². The number of benzene rings is 2. The minimum absolute atomic E-state index is 0.0428. The number of nitrogens with two attached hydrogens (primary N) is 1. The standard InChI is InChI=1S/C28H33N5O9/c1-14(34)24(29)27(40)32-20(10-15-6-8-17(35)9-7-15)25(38)31-21(12-23(36)37)26(39)33-22(28(41)42)11-16-13-30-19-5-3-2-4-18(16)19/h2-9,13-14,20-22,24,30,34-35H,10-12,29H2,1H3,(H,31,38)(H,32,40)(H,33,39)(H,36,37)(H,41,42). The van der Waals surface area contributed by atoms with E-state index in [0.717, 1.165) is 10.9 Å². The average molecular weight is 584 g/mol. The largest absolute Gasteiger partial charge is 0.508 e. The van der Waals surface area contributed by atoms with Crippen molar-refractivity contribution in [1.29, 1.82) is 0 Å². The number of carboxylic acid groups (broad SMARTS) is 2. The fourth-order valence-corrected chi connectivity index (χ4v) is 4.21. The van der Waals surface area contributed by atoms with E-state index in [1.165, 1.54) is 31.2 Å². The van der Waals surface area contributed by atoms with E-state index in [1.54, 1.807) is 30.5 Å². The molecule has 0 bridgehead atoms. The molecule has 42 heavy (non-hydrogen) atoms. The first-order chi connectivity index (χ1) is 19.8. The quantitative estimate of drug-likeness (QED) is 0.116. The van der Waals surface area contributed by atoms with E-state index in [-0.39, 0.29) is 18.6 Å². The molecular weight excluding hydrogens is 550 g/mol. The van der Waals surface area contributed by atoms with Gasteiger partial charge in [-0.25, -0.2) is 4.79 Å². The fourth-order valence-electron chi connectivity index (χ4n) is 4.21. The number of aliphatic hydroxyl groups is 1. The molecule has 0 saturated heterocycles. The molecule has 3 amide bonds. The van der Waals surface area contributed by atoms with Crippen LogP contribution in [0.4, 0.5) is 0 Å². The van der Waals surface area contributed by atoms with Crippen LogP contribution in [0.3, 0.4) is 0 Å². The number of hydrogen-bond donors (Lipinski definition) is 9. The lowest BCUT2D eigenvalue weighted by Crippen LogP contribution is -2.59. The van der Waals surface area contributed by atoms with E-state index < -0.39 is 66.4 Å². The zero-order chi connectivity index (χ0) is 31.0. The Kier molecular flexibility index (Phi) is 10.6. The molecule has 0 fully saturated rings. The number of nitrogens with one attached hydrogen (secondary N) is 4. The van der Waals surface area contributed by atoms with E-state index in [9.17, 15) is 44.4 Å². The summed E-state index contributed by atoms with van der Waals surface area (Å²) in [5.74, 6) is -5.77. The summed E-state index contributed by atoms with van der Waals surface area (Å²) in [5.41, 5.74) is 7.53. The molecular formula is C28H33N5O9. The molecule has 224 valence electrons. The summed E-state index contributed by atoms with van der Waals surface area (Å²) < 4.78 is 0. The van der Waals surface area contributed by atoms with Crippen LogP contribution in [0.5, 0.6) is 5.75 Å². The topological polar surface area (TPSA) is 244 Å². The Morgan fingerprint density at radius 3 is 2.05 bits per heavy atom. The van der Waals surface area contributed by atoms with Gasteiger partial charge in [0.2, 0.25) is 17.7 Å². The summed E-state index contributed by atoms with van der Waals surface area (Å²) in [6.45, 7) is 1.28. The molecule has 0 aliphatic carbocycles. The zero-order valence-corrected chi connectivity index (χ0v) is 22.6. The lowest BCUT2D eigenvalue weighted by molar-refractivity contribution is -0.143. The average Bonchev–Trinajstić information content (AvgIpc) is 3.34. The second-order valence-corrected chi connectivity index (χ2v) is 9.82. The number of H-pyrrole nitrogens is 1. The number of aromatic amines is 1. The number of carboxylic acids is 2. The fraction of sp³-hybridized carbons (Fsp3) is 0.321. The first-order valence-electron chi connectivity index (χ1n) is 13.0. The Morgan fingerprint density at radius 2 is 1.43 bits per heavy atom. The van der Waals surface area contributed by atoms with Crippen molar-refractivity contribution >= 4 is 40.6 Å². The highest BCUT2D eigenvalue weighted by Crippen LogP contribution is 2.19. The Morgan fingerprint density at radius 1 is 0.833 bits per heavy atom. The Bertz CT molecular complexity index is 1440. The molecule has 5 unspecified atom stereocenters. The number of carbonyl (C=O) groups is 5. The number of hydrogen-bond acceptors (Lipinski definition) is 8. The third-order valence-electron chi connectivity index (χ3n) is 6.56. The van der Waals surface area contributed by atoms with Gasteiger partial charge in [-0.05, 0) is 36.2 Å². The summed E-state index contributed by atoms with van der Waals surface area (Å²) in [5, 5.41) is 46.1. The van der Waals surface area contributed by atoms with Gasteiger partial charge in [-0.1, -0.05) is 30.3 Å². The van der Waals surface area contributed by atoms with Crippen molar-refractivity contribution in [2.24, 2.45) is 5.73 Å². The number of rotatable bonds is 14. The van der Waals surface area contributed by atoms with Gasteiger partial charge in [0, 0.05) is 29.9 Å². The number of fused-ring (bicyclic) bond motifs is 1. The van der Waals surface area contributed by atoms with Crippen LogP contribution in [0.25, 0.3) is 10.9 Å². The zero-order valence-electron chi connectivity index (χ0n) is 22.6. The normalized spacial score (nSPS) is 14.6. The highest BCUT2D eigenvalue weighted by molar-refractivity contribution is 5.96. The number of phenols is 1. The highest BCUT2D eigenvalue weighted by atomic mass is 16.4. The summed E-state index contributed by atoms with van der Waals surface area (Å²) in [4.78, 5) is 65.6. The number of aliphatic carboxylic acids is 2. The number of aromatic hydroxyl groups is 1. The molecule has 0 radical (unpaired) electrons. The summed E-state index contributed by atoms with van der Waals surface area (Å²) >= 11 is 0. The summed E-state index contributed by atoms with van der Waals surface area (Å²) in [7, 11) is 0. The lowest BCUT2D eigenvalue weighted by Gasteiger charge is -2.25. The lowest BCUT2D eigenvalue weighted by atomic mass is 10.0. The second kappa shape index (κ2) is 14.1. The van der Waals surface area contributed by atoms with Gasteiger partial charge in [0.25, 0.3) is 0 Å². The van der Waals surface area contributed by atoms with Crippen molar-refractivity contribution in [3.8, 4) is 5.75 Å². The minimum atomic E-state index is -1.70. The molecule has 0 saturated carbocycles. The van der Waals surface area contributed by atoms with E-state index in [4.69, 9.17) is 5.73 Å². The van der Waals surface area contributed by atoms with Crippen molar-refractivity contribution < 1.29 is 44.4 Å². The van der Waals surface area contributed by atoms with Crippen LogP contribution in [-0.2, 0) is 36.8 Å². The van der Waals surface area contributed by atoms with Gasteiger partial charge in [0.1, 0.15) is 29.9 Å². The molecule has 0 aliphatic rings. The van der Waals surface area contributed by atoms with Crippen LogP contribution in [0.2, 0.25) is 0 Å². The summed E-state index contributed by atoms with van der Waals surface area (Å²) in [6, 6.07) is 6.90. The molecule has 0 aliphatic heterocycles. The molecule has 10 N–H and O–H groups in total. The Labute approximate surface area is 239 Å². The second-order valence-electron chi connectivity index (χ2n) is 9.82. The van der Waals surface area contributed by atoms with Crippen molar-refractivity contribution in [2.45, 2.75) is 56.5 Å². The minimum Gasteiger partial charge on any atom is -0.508 e. The predicted octanol–water partition coefficient (Wildman–Crippen LogP) is -0.619. The van der Waals surface area contributed by atoms with Crippen LogP contribution >= 0.6 is 0 Å². The molecule has 1 aromatic heterocycles. The number of aromatic nitrogens is 1. The molecule has 3 rings (SSSR count). The predicted molar refractivity (Wildman–Crippen MR) is 149 cm³/mol. The van der Waals surface area contributed by atoms with Gasteiger partial charge < -0.3 is 47.1 Å². The number of phenolic OH excluding ortho intramolecular Hbond substituents is 1. The molecule has 0 spiro atoms. The molecule has 14 heteroatoms. The summed E-state index contributed by atoms with van der Waals surface area (Å²) in [6.07, 6.45) is -0.806. The van der Waals surface area contributed by atoms with Crippen LogP contribution in [-0.4, -0.2) is 85.3 Å². The SMILES string of the molecule is CC(O)C(N)C(=O)NC(Cc1ccc(O)cc1)C(=O)NC(CC(=O)O)C(=O)NC(Cc1c[nH]c2ccccc12)C(=O)O. The van der Waals surface area contributed by atoms with E-state index in [1.807, 2.05) is 0 Å². The van der Waals surface area contributed by atoms with Gasteiger partial charge in [0.05, 0.1) is 12.5 Å². The van der Waals surface area contributed by atoms with Gasteiger partial charge in [-0.3, -0.25) is 19.2 Å². The first-order valence-corrected chi connectivity index (χ1v) is 13.0. The third-order valence-corrected chi connectivity index (χ3v) is 6.56. The molecule has 2 aromatic carbocycles. The maximum atomic E-state index is 13.3. The van der Waals surface area contributed by atoms with Crippen LogP contribution in [0, 0.1) is 0 Å². The van der Waals surface area contributed by atoms with Gasteiger partial charge in [-0.15, -0.1) is 0 Å². The van der Waals surface area contributed by atoms with Gasteiger partial charge in [0.15, 0.2) is 0 Å². The first kappa shape index (κ1) is 31.6.